The Labute approximate surface area is 217 Å². The molecule has 2 aliphatic heterocycles. The summed E-state index contributed by atoms with van der Waals surface area (Å²) < 4.78 is 21.0. The van der Waals surface area contributed by atoms with Crippen LogP contribution in [0.2, 0.25) is 0 Å². The predicted molar refractivity (Wildman–Crippen MR) is 138 cm³/mol. The van der Waals surface area contributed by atoms with Gasteiger partial charge in [-0.2, -0.15) is 4.68 Å². The molecule has 9 nitrogen and oxygen atoms in total. The van der Waals surface area contributed by atoms with Gasteiger partial charge in [0.25, 0.3) is 0 Å². The number of halogens is 1. The molecule has 0 radical (unpaired) electrons. The third kappa shape index (κ3) is 3.64. The van der Waals surface area contributed by atoms with Gasteiger partial charge in [-0.05, 0) is 36.4 Å². The summed E-state index contributed by atoms with van der Waals surface area (Å²) in [6.45, 7) is 2.26. The van der Waals surface area contributed by atoms with Crippen molar-refractivity contribution < 1.29 is 13.9 Å². The second-order valence-electron chi connectivity index (χ2n) is 9.27. The van der Waals surface area contributed by atoms with E-state index < -0.39 is 5.92 Å². The summed E-state index contributed by atoms with van der Waals surface area (Å²) in [5, 5.41) is 8.56. The zero-order valence-electron chi connectivity index (χ0n) is 20.2. The molecule has 2 aliphatic rings. The lowest BCUT2D eigenvalue weighted by Gasteiger charge is -2.38. The van der Waals surface area contributed by atoms with E-state index in [1.807, 2.05) is 53.4 Å². The normalized spacial score (nSPS) is 15.2. The number of anilines is 1. The molecule has 38 heavy (non-hydrogen) atoms. The van der Waals surface area contributed by atoms with Crippen LogP contribution in [0.15, 0.2) is 79.1 Å². The molecular formula is C28H22FN7O2. The number of piperazine rings is 1. The molecule has 1 fully saturated rings. The molecule has 7 rings (SSSR count). The minimum Gasteiger partial charge on any atom is -0.457 e. The minimum atomic E-state index is -0.413. The van der Waals surface area contributed by atoms with Crippen LogP contribution in [-0.4, -0.2) is 61.9 Å². The smallest absolute Gasteiger partial charge is 0.234 e. The van der Waals surface area contributed by atoms with E-state index in [4.69, 9.17) is 4.74 Å². The molecule has 0 N–H and O–H groups in total. The van der Waals surface area contributed by atoms with E-state index in [1.165, 1.54) is 18.5 Å². The summed E-state index contributed by atoms with van der Waals surface area (Å²) in [6.07, 6.45) is 1.48. The number of benzene rings is 3. The number of carbonyl (C=O) groups is 1. The van der Waals surface area contributed by atoms with Crippen molar-refractivity contribution >= 4 is 22.9 Å². The molecule has 188 valence electrons. The van der Waals surface area contributed by atoms with E-state index in [2.05, 4.69) is 25.2 Å². The van der Waals surface area contributed by atoms with Crippen LogP contribution in [0.4, 0.5) is 10.2 Å². The largest absolute Gasteiger partial charge is 0.457 e. The van der Waals surface area contributed by atoms with Gasteiger partial charge in [-0.15, -0.1) is 5.10 Å². The van der Waals surface area contributed by atoms with Crippen molar-refractivity contribution in [3.8, 4) is 17.2 Å². The van der Waals surface area contributed by atoms with E-state index in [-0.39, 0.29) is 11.7 Å². The summed E-state index contributed by atoms with van der Waals surface area (Å²) in [7, 11) is 0. The SMILES string of the molecule is O=C(C1c2ccccc2Oc2ccccc21)N1CCN(c2ncnc3c2nnn3-c2ccc(F)cc2)CC1. The fourth-order valence-corrected chi connectivity index (χ4v) is 5.22. The highest BCUT2D eigenvalue weighted by Crippen LogP contribution is 2.44. The van der Waals surface area contributed by atoms with E-state index in [1.54, 1.807) is 16.8 Å². The van der Waals surface area contributed by atoms with Gasteiger partial charge in [0.15, 0.2) is 17.0 Å². The molecule has 1 amide bonds. The Morgan fingerprint density at radius 1 is 0.842 bits per heavy atom. The van der Waals surface area contributed by atoms with Crippen LogP contribution in [0.25, 0.3) is 16.9 Å². The molecule has 1 saturated heterocycles. The zero-order valence-corrected chi connectivity index (χ0v) is 20.2. The number of ether oxygens (including phenoxy) is 1. The first kappa shape index (κ1) is 22.3. The summed E-state index contributed by atoms with van der Waals surface area (Å²) in [5.41, 5.74) is 3.52. The Balaban J connectivity index is 1.14. The van der Waals surface area contributed by atoms with Crippen molar-refractivity contribution in [1.82, 2.24) is 29.9 Å². The van der Waals surface area contributed by atoms with E-state index in [0.29, 0.717) is 48.8 Å². The fourth-order valence-electron chi connectivity index (χ4n) is 5.22. The average molecular weight is 508 g/mol. The molecule has 10 heteroatoms. The number of fused-ring (bicyclic) bond motifs is 3. The van der Waals surface area contributed by atoms with Crippen LogP contribution in [0, 0.1) is 5.82 Å². The number of hydrogen-bond acceptors (Lipinski definition) is 7. The Bertz CT molecular complexity index is 1620. The molecule has 3 aromatic carbocycles. The summed E-state index contributed by atoms with van der Waals surface area (Å²) in [5.74, 6) is 1.42. The number of hydrogen-bond donors (Lipinski definition) is 0. The number of amides is 1. The summed E-state index contributed by atoms with van der Waals surface area (Å²) in [4.78, 5) is 26.8. The lowest BCUT2D eigenvalue weighted by Crippen LogP contribution is -2.50. The van der Waals surface area contributed by atoms with Crippen LogP contribution in [0.3, 0.4) is 0 Å². The van der Waals surface area contributed by atoms with E-state index in [9.17, 15) is 9.18 Å². The molecule has 4 heterocycles. The molecule has 0 bridgehead atoms. The molecule has 0 spiro atoms. The molecule has 0 saturated carbocycles. The standard InChI is InChI=1S/C28H22FN7O2/c29-18-9-11-19(12-10-18)36-27-25(32-33-36)26(30-17-31-27)34-13-15-35(16-14-34)28(37)24-20-5-1-3-7-22(20)38-23-8-4-2-6-21(23)24/h1-12,17,24H,13-16H2. The second-order valence-corrected chi connectivity index (χ2v) is 9.27. The van der Waals surface area contributed by atoms with Crippen molar-refractivity contribution in [1.29, 1.82) is 0 Å². The summed E-state index contributed by atoms with van der Waals surface area (Å²) >= 11 is 0. The Hall–Kier alpha value is -4.86. The maximum absolute atomic E-state index is 13.9. The number of para-hydroxylation sites is 2. The van der Waals surface area contributed by atoms with Crippen LogP contribution in [-0.2, 0) is 4.79 Å². The quantitative estimate of drug-likeness (QED) is 0.366. The second kappa shape index (κ2) is 8.91. The van der Waals surface area contributed by atoms with E-state index in [0.717, 1.165) is 22.6 Å². The number of nitrogens with zero attached hydrogens (tertiary/aromatic N) is 7. The van der Waals surface area contributed by atoms with Gasteiger partial charge in [-0.1, -0.05) is 41.6 Å². The van der Waals surface area contributed by atoms with Crippen molar-refractivity contribution in [2.75, 3.05) is 31.1 Å². The lowest BCUT2D eigenvalue weighted by molar-refractivity contribution is -0.132. The van der Waals surface area contributed by atoms with Gasteiger partial charge in [0, 0.05) is 37.3 Å². The first-order valence-electron chi connectivity index (χ1n) is 12.4. The first-order valence-corrected chi connectivity index (χ1v) is 12.4. The topological polar surface area (TPSA) is 89.3 Å². The third-order valence-electron chi connectivity index (χ3n) is 7.11. The van der Waals surface area contributed by atoms with Crippen LogP contribution >= 0.6 is 0 Å². The van der Waals surface area contributed by atoms with Crippen LogP contribution in [0.1, 0.15) is 17.0 Å². The van der Waals surface area contributed by atoms with E-state index >= 15 is 0 Å². The Morgan fingerprint density at radius 3 is 2.18 bits per heavy atom. The monoisotopic (exact) mass is 507 g/mol. The number of carbonyl (C=O) groups excluding carboxylic acids is 1. The Kier molecular flexibility index (Phi) is 5.24. The average Bonchev–Trinajstić information content (AvgIpc) is 3.40. The van der Waals surface area contributed by atoms with Crippen molar-refractivity contribution in [3.05, 3.63) is 96.1 Å². The van der Waals surface area contributed by atoms with Crippen molar-refractivity contribution in [2.45, 2.75) is 5.92 Å². The lowest BCUT2D eigenvalue weighted by atomic mass is 9.86. The van der Waals surface area contributed by atoms with Crippen molar-refractivity contribution in [2.24, 2.45) is 0 Å². The van der Waals surface area contributed by atoms with Gasteiger partial charge in [0.05, 0.1) is 11.6 Å². The number of rotatable bonds is 3. The van der Waals surface area contributed by atoms with Gasteiger partial charge in [0.2, 0.25) is 5.91 Å². The molecule has 0 unspecified atom stereocenters. The van der Waals surface area contributed by atoms with Gasteiger partial charge in [-0.25, -0.2) is 14.4 Å². The fraction of sp³-hybridized carbons (Fsp3) is 0.179. The Morgan fingerprint density at radius 2 is 1.50 bits per heavy atom. The van der Waals surface area contributed by atoms with Crippen LogP contribution in [0.5, 0.6) is 11.5 Å². The maximum Gasteiger partial charge on any atom is 0.234 e. The van der Waals surface area contributed by atoms with Gasteiger partial charge >= 0.3 is 0 Å². The predicted octanol–water partition coefficient (Wildman–Crippen LogP) is 3.94. The highest BCUT2D eigenvalue weighted by atomic mass is 19.1. The third-order valence-corrected chi connectivity index (χ3v) is 7.11. The summed E-state index contributed by atoms with van der Waals surface area (Å²) in [6, 6.07) is 21.5. The zero-order chi connectivity index (χ0) is 25.6. The minimum absolute atomic E-state index is 0.0583. The highest BCUT2D eigenvalue weighted by molar-refractivity contribution is 5.90. The molecule has 2 aromatic heterocycles. The van der Waals surface area contributed by atoms with Gasteiger partial charge in [0.1, 0.15) is 23.6 Å². The maximum atomic E-state index is 13.9. The molecule has 0 aliphatic carbocycles. The van der Waals surface area contributed by atoms with Gasteiger partial charge in [-0.3, -0.25) is 4.79 Å². The molecular weight excluding hydrogens is 485 g/mol. The molecule has 5 aromatic rings. The van der Waals surface area contributed by atoms with Crippen molar-refractivity contribution in [3.63, 3.8) is 0 Å². The molecule has 0 atom stereocenters. The first-order chi connectivity index (χ1) is 18.7. The van der Waals surface area contributed by atoms with Gasteiger partial charge < -0.3 is 14.5 Å². The number of aromatic nitrogens is 5. The highest BCUT2D eigenvalue weighted by Gasteiger charge is 2.36. The van der Waals surface area contributed by atoms with Crippen LogP contribution < -0.4 is 9.64 Å².